The minimum absolute atomic E-state index is 0.181. The second-order valence-corrected chi connectivity index (χ2v) is 6.23. The zero-order chi connectivity index (χ0) is 15.5. The zero-order valence-corrected chi connectivity index (χ0v) is 11.8. The Hall–Kier alpha value is -1.75. The lowest BCUT2D eigenvalue weighted by Crippen LogP contribution is -2.33. The molecule has 0 bridgehead atoms. The summed E-state index contributed by atoms with van der Waals surface area (Å²) in [6.07, 6.45) is -0.898. The third-order valence-electron chi connectivity index (χ3n) is 2.53. The Morgan fingerprint density at radius 3 is 2.60 bits per heavy atom. The summed E-state index contributed by atoms with van der Waals surface area (Å²) in [5.74, 6) is 5.18. The number of nitrogens with one attached hydrogen (secondary N) is 1. The molecule has 1 aromatic carbocycles. The molecule has 4 N–H and O–H groups in total. The van der Waals surface area contributed by atoms with Crippen molar-refractivity contribution in [2.24, 2.45) is 5.84 Å². The van der Waals surface area contributed by atoms with Crippen molar-refractivity contribution >= 4 is 21.4 Å². The predicted octanol–water partition coefficient (Wildman–Crippen LogP) is -0.118. The number of benzene rings is 1. The minimum Gasteiger partial charge on any atom is -0.392 e. The number of sulfonamides is 1. The molecule has 1 rings (SSSR count). The van der Waals surface area contributed by atoms with Gasteiger partial charge in [0.1, 0.15) is 0 Å². The molecule has 112 valence electrons. The Balaban J connectivity index is 3.38. The first kappa shape index (κ1) is 16.3. The van der Waals surface area contributed by atoms with Crippen LogP contribution in [0.15, 0.2) is 23.1 Å². The van der Waals surface area contributed by atoms with Crippen molar-refractivity contribution in [1.29, 1.82) is 0 Å². The van der Waals surface area contributed by atoms with E-state index in [0.29, 0.717) is 0 Å². The summed E-state index contributed by atoms with van der Waals surface area (Å²) in [5.41, 5.74) is 1.90. The smallest absolute Gasteiger partial charge is 0.289 e. The molecule has 1 aromatic rings. The van der Waals surface area contributed by atoms with Gasteiger partial charge in [-0.25, -0.2) is 8.42 Å². The van der Waals surface area contributed by atoms with E-state index >= 15 is 0 Å². The second-order valence-electron chi connectivity index (χ2n) is 4.22. The molecule has 0 aliphatic carbocycles. The molecule has 0 saturated heterocycles. The number of hydrogen-bond acceptors (Lipinski definition) is 7. The standard InChI is InChI=1S/C10H16N4O5S/c1-7(15)6-13(2)20(18,19)10-5-8(12-11)3-4-9(10)14(16)17/h3-5,7,12,15H,6,11H2,1-2H3. The molecule has 0 spiro atoms. The summed E-state index contributed by atoms with van der Waals surface area (Å²) in [6, 6.07) is 3.43. The maximum Gasteiger partial charge on any atom is 0.289 e. The van der Waals surface area contributed by atoms with E-state index < -0.39 is 31.6 Å². The Morgan fingerprint density at radius 2 is 2.15 bits per heavy atom. The van der Waals surface area contributed by atoms with Crippen LogP contribution in [-0.2, 0) is 10.0 Å². The van der Waals surface area contributed by atoms with Gasteiger partial charge in [-0.1, -0.05) is 0 Å². The topological polar surface area (TPSA) is 139 Å². The Labute approximate surface area is 116 Å². The van der Waals surface area contributed by atoms with Gasteiger partial charge in [0.15, 0.2) is 4.90 Å². The van der Waals surface area contributed by atoms with Gasteiger partial charge >= 0.3 is 0 Å². The van der Waals surface area contributed by atoms with Crippen molar-refractivity contribution in [3.63, 3.8) is 0 Å². The highest BCUT2D eigenvalue weighted by molar-refractivity contribution is 7.89. The lowest BCUT2D eigenvalue weighted by molar-refractivity contribution is -0.387. The third kappa shape index (κ3) is 3.42. The maximum atomic E-state index is 12.3. The summed E-state index contributed by atoms with van der Waals surface area (Å²) in [7, 11) is -2.88. The number of nitro groups is 1. The highest BCUT2D eigenvalue weighted by Crippen LogP contribution is 2.28. The summed E-state index contributed by atoms with van der Waals surface area (Å²) >= 11 is 0. The first-order valence-corrected chi connectivity index (χ1v) is 7.03. The number of aliphatic hydroxyl groups excluding tert-OH is 1. The Morgan fingerprint density at radius 1 is 1.55 bits per heavy atom. The van der Waals surface area contributed by atoms with Crippen LogP contribution in [0.4, 0.5) is 11.4 Å². The molecule has 0 aromatic heterocycles. The fourth-order valence-electron chi connectivity index (χ4n) is 1.60. The van der Waals surface area contributed by atoms with Crippen molar-refractivity contribution in [2.45, 2.75) is 17.9 Å². The van der Waals surface area contributed by atoms with Gasteiger partial charge in [0.05, 0.1) is 16.7 Å². The number of likely N-dealkylation sites (N-methyl/N-ethyl adjacent to an activating group) is 1. The lowest BCUT2D eigenvalue weighted by Gasteiger charge is -2.18. The quantitative estimate of drug-likeness (QED) is 0.378. The molecule has 0 aliphatic heterocycles. The number of hydrazine groups is 1. The van der Waals surface area contributed by atoms with E-state index in [2.05, 4.69) is 5.43 Å². The van der Waals surface area contributed by atoms with Crippen molar-refractivity contribution in [3.05, 3.63) is 28.3 Å². The number of hydrogen-bond donors (Lipinski definition) is 3. The van der Waals surface area contributed by atoms with Crippen molar-refractivity contribution < 1.29 is 18.4 Å². The lowest BCUT2D eigenvalue weighted by atomic mass is 10.3. The number of nitro benzene ring substituents is 1. The molecular formula is C10H16N4O5S. The van der Waals surface area contributed by atoms with Gasteiger partial charge < -0.3 is 10.5 Å². The van der Waals surface area contributed by atoms with Crippen molar-refractivity contribution in [1.82, 2.24) is 4.31 Å². The number of rotatable bonds is 6. The van der Waals surface area contributed by atoms with E-state index in [1.54, 1.807) is 0 Å². The molecular weight excluding hydrogens is 288 g/mol. The van der Waals surface area contributed by atoms with Crippen LogP contribution >= 0.6 is 0 Å². The zero-order valence-electron chi connectivity index (χ0n) is 11.0. The van der Waals surface area contributed by atoms with E-state index in [1.165, 1.54) is 20.0 Å². The summed E-state index contributed by atoms with van der Waals surface area (Å²) in [6.45, 7) is 1.23. The van der Waals surface area contributed by atoms with Crippen LogP contribution in [0.5, 0.6) is 0 Å². The van der Waals surface area contributed by atoms with E-state index in [1.807, 2.05) is 0 Å². The monoisotopic (exact) mass is 304 g/mol. The van der Waals surface area contributed by atoms with E-state index in [-0.39, 0.29) is 12.2 Å². The molecule has 0 radical (unpaired) electrons. The predicted molar refractivity (Wildman–Crippen MR) is 72.4 cm³/mol. The number of nitrogens with zero attached hydrogens (tertiary/aromatic N) is 2. The highest BCUT2D eigenvalue weighted by Gasteiger charge is 2.30. The van der Waals surface area contributed by atoms with E-state index in [4.69, 9.17) is 5.84 Å². The second kappa shape index (κ2) is 6.13. The first-order chi connectivity index (χ1) is 9.20. The molecule has 0 amide bonds. The number of aliphatic hydroxyl groups is 1. The van der Waals surface area contributed by atoms with E-state index in [9.17, 15) is 23.6 Å². The SMILES string of the molecule is CC(O)CN(C)S(=O)(=O)c1cc(NN)ccc1[N+](=O)[O-]. The van der Waals surface area contributed by atoms with Crippen LogP contribution in [0, 0.1) is 10.1 Å². The number of anilines is 1. The summed E-state index contributed by atoms with van der Waals surface area (Å²) in [4.78, 5) is 9.66. The molecule has 1 unspecified atom stereocenters. The Kier molecular flexibility index (Phi) is 5.00. The molecule has 20 heavy (non-hydrogen) atoms. The molecule has 0 heterocycles. The van der Waals surface area contributed by atoms with Crippen LogP contribution in [0.1, 0.15) is 6.92 Å². The molecule has 0 aliphatic rings. The summed E-state index contributed by atoms with van der Waals surface area (Å²) < 4.78 is 25.5. The first-order valence-electron chi connectivity index (χ1n) is 5.59. The fraction of sp³-hybridized carbons (Fsp3) is 0.400. The van der Waals surface area contributed by atoms with Crippen LogP contribution in [-0.4, -0.2) is 42.4 Å². The van der Waals surface area contributed by atoms with E-state index in [0.717, 1.165) is 16.4 Å². The number of nitrogen functional groups attached to an aromatic ring is 1. The van der Waals surface area contributed by atoms with Crippen LogP contribution in [0.2, 0.25) is 0 Å². The molecule has 10 heteroatoms. The number of nitrogens with two attached hydrogens (primary N) is 1. The van der Waals surface area contributed by atoms with Gasteiger partial charge in [-0.3, -0.25) is 16.0 Å². The van der Waals surface area contributed by atoms with Gasteiger partial charge in [-0.2, -0.15) is 4.31 Å². The third-order valence-corrected chi connectivity index (χ3v) is 4.39. The largest absolute Gasteiger partial charge is 0.392 e. The normalized spacial score (nSPS) is 13.2. The van der Waals surface area contributed by atoms with Gasteiger partial charge in [-0.05, 0) is 19.1 Å². The van der Waals surface area contributed by atoms with Crippen LogP contribution in [0.3, 0.4) is 0 Å². The van der Waals surface area contributed by atoms with Crippen molar-refractivity contribution in [2.75, 3.05) is 19.0 Å². The molecule has 1 atom stereocenters. The van der Waals surface area contributed by atoms with Gasteiger partial charge in [-0.15, -0.1) is 0 Å². The van der Waals surface area contributed by atoms with Crippen molar-refractivity contribution in [3.8, 4) is 0 Å². The average molecular weight is 304 g/mol. The van der Waals surface area contributed by atoms with Gasteiger partial charge in [0.25, 0.3) is 5.69 Å². The van der Waals surface area contributed by atoms with Gasteiger partial charge in [0, 0.05) is 19.7 Å². The highest BCUT2D eigenvalue weighted by atomic mass is 32.2. The van der Waals surface area contributed by atoms with Gasteiger partial charge in [0.2, 0.25) is 10.0 Å². The van der Waals surface area contributed by atoms with Crippen LogP contribution in [0.25, 0.3) is 0 Å². The minimum atomic E-state index is -4.11. The molecule has 0 fully saturated rings. The average Bonchev–Trinajstić information content (AvgIpc) is 2.36. The van der Waals surface area contributed by atoms with Crippen LogP contribution < -0.4 is 11.3 Å². The maximum absolute atomic E-state index is 12.3. The summed E-state index contributed by atoms with van der Waals surface area (Å²) in [5, 5.41) is 20.2. The molecule has 0 saturated carbocycles. The molecule has 9 nitrogen and oxygen atoms in total. The Bertz CT molecular complexity index is 602. The fourth-order valence-corrected chi connectivity index (χ4v) is 3.03.